The molecule has 3 aromatic heterocycles. The summed E-state index contributed by atoms with van der Waals surface area (Å²) >= 11 is 1.87. The van der Waals surface area contributed by atoms with Gasteiger partial charge in [-0.1, -0.05) is 84.9 Å². The van der Waals surface area contributed by atoms with Gasteiger partial charge in [0.05, 0.1) is 6.26 Å². The normalized spacial score (nSPS) is 12.2. The van der Waals surface area contributed by atoms with Crippen molar-refractivity contribution in [3.05, 3.63) is 134 Å². The van der Waals surface area contributed by atoms with Crippen molar-refractivity contribution in [3.63, 3.8) is 0 Å². The SMILES string of the molecule is c1ccc2c(c1)sc1cc(-c3c4ccccc4c(-c4ccc5c(c4)oc4cc6ccoc6cc45)c4ccccc34)ccc12. The van der Waals surface area contributed by atoms with Crippen LogP contribution in [-0.2, 0) is 0 Å². The molecular formula is C40H22O2S. The van der Waals surface area contributed by atoms with Gasteiger partial charge in [-0.15, -0.1) is 11.3 Å². The Labute approximate surface area is 250 Å². The molecule has 0 atom stereocenters. The van der Waals surface area contributed by atoms with Gasteiger partial charge in [0.25, 0.3) is 0 Å². The smallest absolute Gasteiger partial charge is 0.136 e. The summed E-state index contributed by atoms with van der Waals surface area (Å²) in [6.45, 7) is 0. The van der Waals surface area contributed by atoms with E-state index < -0.39 is 0 Å². The topological polar surface area (TPSA) is 26.3 Å². The lowest BCUT2D eigenvalue weighted by molar-refractivity contribution is 0.616. The first-order valence-corrected chi connectivity index (χ1v) is 15.3. The van der Waals surface area contributed by atoms with E-state index in [4.69, 9.17) is 8.83 Å². The fraction of sp³-hybridized carbons (Fsp3) is 0. The molecule has 10 rings (SSSR count). The number of furan rings is 2. The second kappa shape index (κ2) is 8.57. The van der Waals surface area contributed by atoms with Gasteiger partial charge in [-0.25, -0.2) is 0 Å². The maximum atomic E-state index is 6.43. The highest BCUT2D eigenvalue weighted by molar-refractivity contribution is 7.25. The fourth-order valence-electron chi connectivity index (χ4n) is 7.02. The molecule has 0 N–H and O–H groups in total. The lowest BCUT2D eigenvalue weighted by Crippen LogP contribution is -1.90. The van der Waals surface area contributed by atoms with Gasteiger partial charge in [0.1, 0.15) is 16.7 Å². The number of hydrogen-bond donors (Lipinski definition) is 0. The molecule has 0 radical (unpaired) electrons. The Morgan fingerprint density at radius 2 is 0.977 bits per heavy atom. The van der Waals surface area contributed by atoms with Crippen LogP contribution in [0.1, 0.15) is 0 Å². The minimum atomic E-state index is 0.876. The van der Waals surface area contributed by atoms with E-state index in [-0.39, 0.29) is 0 Å². The first kappa shape index (κ1) is 23.2. The number of benzene rings is 7. The van der Waals surface area contributed by atoms with Crippen molar-refractivity contribution in [1.82, 2.24) is 0 Å². The molecule has 7 aromatic carbocycles. The van der Waals surface area contributed by atoms with Crippen molar-refractivity contribution in [2.24, 2.45) is 0 Å². The minimum absolute atomic E-state index is 0.876. The summed E-state index contributed by atoms with van der Waals surface area (Å²) in [5.74, 6) is 0. The molecule has 0 aliphatic carbocycles. The predicted molar refractivity (Wildman–Crippen MR) is 182 cm³/mol. The first-order valence-electron chi connectivity index (χ1n) is 14.5. The van der Waals surface area contributed by atoms with E-state index in [1.807, 2.05) is 17.4 Å². The Morgan fingerprint density at radius 1 is 0.395 bits per heavy atom. The van der Waals surface area contributed by atoms with E-state index in [1.54, 1.807) is 6.26 Å². The molecule has 3 heterocycles. The third kappa shape index (κ3) is 3.28. The molecule has 0 spiro atoms. The second-order valence-electron chi connectivity index (χ2n) is 11.3. The van der Waals surface area contributed by atoms with Crippen LogP contribution < -0.4 is 0 Å². The van der Waals surface area contributed by atoms with Crippen LogP contribution in [0.4, 0.5) is 0 Å². The van der Waals surface area contributed by atoms with Crippen LogP contribution in [0.5, 0.6) is 0 Å². The number of hydrogen-bond acceptors (Lipinski definition) is 3. The summed E-state index contributed by atoms with van der Waals surface area (Å²) in [4.78, 5) is 0. The molecule has 0 aliphatic rings. The van der Waals surface area contributed by atoms with Gasteiger partial charge in [-0.05, 0) is 86.3 Å². The third-order valence-electron chi connectivity index (χ3n) is 8.93. The lowest BCUT2D eigenvalue weighted by atomic mass is 9.86. The van der Waals surface area contributed by atoms with Crippen LogP contribution in [0.15, 0.2) is 142 Å². The molecule has 0 saturated heterocycles. The molecule has 200 valence electrons. The van der Waals surface area contributed by atoms with Crippen LogP contribution in [0.25, 0.3) is 96.9 Å². The maximum Gasteiger partial charge on any atom is 0.136 e. The summed E-state index contributed by atoms with van der Waals surface area (Å²) in [7, 11) is 0. The Morgan fingerprint density at radius 3 is 1.70 bits per heavy atom. The standard InChI is InChI=1S/C40H22O2S/c1-3-10-31-29(8-1)39(24-13-15-26-33-22-34-23(17-18-41-34)19-36(33)42-35(26)20-24)30-9-2-4-11-32(30)40(31)25-14-16-28-27-7-5-6-12-37(27)43-38(28)21-25/h1-22H. The van der Waals surface area contributed by atoms with Crippen molar-refractivity contribution < 1.29 is 8.83 Å². The Balaban J connectivity index is 1.25. The van der Waals surface area contributed by atoms with Crippen LogP contribution in [0, 0.1) is 0 Å². The summed E-state index contributed by atoms with van der Waals surface area (Å²) in [6, 6.07) is 46.1. The van der Waals surface area contributed by atoms with E-state index >= 15 is 0 Å². The number of thiophene rings is 1. The molecule has 0 aliphatic heterocycles. The Hall–Kier alpha value is -5.38. The summed E-state index contributed by atoms with van der Waals surface area (Å²) in [6.07, 6.45) is 1.73. The largest absolute Gasteiger partial charge is 0.464 e. The van der Waals surface area contributed by atoms with Crippen LogP contribution in [-0.4, -0.2) is 0 Å². The van der Waals surface area contributed by atoms with Gasteiger partial charge in [0.2, 0.25) is 0 Å². The molecule has 0 saturated carbocycles. The second-order valence-corrected chi connectivity index (χ2v) is 12.4. The highest BCUT2D eigenvalue weighted by atomic mass is 32.1. The molecule has 0 bridgehead atoms. The van der Waals surface area contributed by atoms with E-state index in [0.29, 0.717) is 0 Å². The summed E-state index contributed by atoms with van der Waals surface area (Å²) in [5, 5.41) is 10.8. The molecule has 2 nitrogen and oxygen atoms in total. The zero-order valence-electron chi connectivity index (χ0n) is 22.9. The van der Waals surface area contributed by atoms with Crippen LogP contribution in [0.2, 0.25) is 0 Å². The van der Waals surface area contributed by atoms with Crippen molar-refractivity contribution in [3.8, 4) is 22.3 Å². The lowest BCUT2D eigenvalue weighted by Gasteiger charge is -2.17. The van der Waals surface area contributed by atoms with Crippen molar-refractivity contribution >= 4 is 86.0 Å². The minimum Gasteiger partial charge on any atom is -0.464 e. The maximum absolute atomic E-state index is 6.43. The van der Waals surface area contributed by atoms with Gasteiger partial charge < -0.3 is 8.83 Å². The van der Waals surface area contributed by atoms with E-state index in [1.165, 1.54) is 58.4 Å². The van der Waals surface area contributed by atoms with Gasteiger partial charge >= 0.3 is 0 Å². The highest BCUT2D eigenvalue weighted by Crippen LogP contribution is 2.46. The first-order chi connectivity index (χ1) is 21.3. The molecule has 3 heteroatoms. The molecular weight excluding hydrogens is 545 g/mol. The average molecular weight is 567 g/mol. The third-order valence-corrected chi connectivity index (χ3v) is 10.1. The van der Waals surface area contributed by atoms with Crippen LogP contribution >= 0.6 is 11.3 Å². The van der Waals surface area contributed by atoms with Crippen molar-refractivity contribution in [1.29, 1.82) is 0 Å². The Kier molecular flexibility index (Phi) is 4.63. The van der Waals surface area contributed by atoms with Gasteiger partial charge in [0.15, 0.2) is 0 Å². The van der Waals surface area contributed by atoms with Gasteiger partial charge in [-0.2, -0.15) is 0 Å². The van der Waals surface area contributed by atoms with E-state index in [2.05, 4.69) is 121 Å². The quantitative estimate of drug-likeness (QED) is 0.195. The monoisotopic (exact) mass is 566 g/mol. The zero-order valence-corrected chi connectivity index (χ0v) is 23.7. The van der Waals surface area contributed by atoms with Gasteiger partial charge in [-0.3, -0.25) is 0 Å². The molecule has 10 aromatic rings. The number of rotatable bonds is 2. The fourth-order valence-corrected chi connectivity index (χ4v) is 8.16. The van der Waals surface area contributed by atoms with Crippen molar-refractivity contribution in [2.45, 2.75) is 0 Å². The summed E-state index contributed by atoms with van der Waals surface area (Å²) in [5.41, 5.74) is 7.54. The number of fused-ring (bicyclic) bond motifs is 9. The molecule has 0 unspecified atom stereocenters. The molecule has 0 fully saturated rings. The average Bonchev–Trinajstić information content (AvgIpc) is 3.76. The van der Waals surface area contributed by atoms with Crippen LogP contribution in [0.3, 0.4) is 0 Å². The molecule has 0 amide bonds. The van der Waals surface area contributed by atoms with E-state index in [9.17, 15) is 0 Å². The highest BCUT2D eigenvalue weighted by Gasteiger charge is 2.19. The molecule has 43 heavy (non-hydrogen) atoms. The predicted octanol–water partition coefficient (Wildman–Crippen LogP) is 12.3. The van der Waals surface area contributed by atoms with Crippen molar-refractivity contribution in [2.75, 3.05) is 0 Å². The zero-order chi connectivity index (χ0) is 28.1. The van der Waals surface area contributed by atoms with E-state index in [0.717, 1.165) is 38.5 Å². The van der Waals surface area contributed by atoms with Gasteiger partial charge in [0, 0.05) is 36.3 Å². The Bertz CT molecular complexity index is 2680. The summed E-state index contributed by atoms with van der Waals surface area (Å²) < 4.78 is 14.8.